The Morgan fingerprint density at radius 2 is 1.64 bits per heavy atom. The van der Waals surface area contributed by atoms with Gasteiger partial charge in [-0.25, -0.2) is 0 Å². The zero-order chi connectivity index (χ0) is 11.4. The van der Waals surface area contributed by atoms with E-state index < -0.39 is 8.07 Å². The molecule has 0 saturated carbocycles. The van der Waals surface area contributed by atoms with E-state index in [1.165, 1.54) is 6.04 Å². The lowest BCUT2D eigenvalue weighted by atomic mass is 9.96. The molecule has 1 N–H and O–H groups in total. The Kier molecular flexibility index (Phi) is 5.38. The fraction of sp³-hybridized carbons (Fsp3) is 1.00. The van der Waals surface area contributed by atoms with Gasteiger partial charge in [0.1, 0.15) is 0 Å². The van der Waals surface area contributed by atoms with E-state index >= 15 is 0 Å². The summed E-state index contributed by atoms with van der Waals surface area (Å²) in [6, 6.07) is 1.41. The van der Waals surface area contributed by atoms with Gasteiger partial charge in [0, 0.05) is 8.07 Å². The SMILES string of the molecule is CC(C)CNCC(C)(C)C[Si](C)(C)C. The predicted octanol–water partition coefficient (Wildman–Crippen LogP) is 3.60. The van der Waals surface area contributed by atoms with Crippen molar-refractivity contribution >= 4 is 8.07 Å². The minimum absolute atomic E-state index is 0.472. The fourth-order valence-electron chi connectivity index (χ4n) is 2.20. The molecule has 86 valence electrons. The third-order valence-corrected chi connectivity index (χ3v) is 4.18. The molecular formula is C12H29NSi. The molecule has 0 aliphatic heterocycles. The van der Waals surface area contributed by atoms with E-state index in [2.05, 4.69) is 52.7 Å². The summed E-state index contributed by atoms with van der Waals surface area (Å²) >= 11 is 0. The molecule has 0 aromatic heterocycles. The average Bonchev–Trinajstić information content (AvgIpc) is 1.78. The van der Waals surface area contributed by atoms with Crippen LogP contribution in [0.5, 0.6) is 0 Å². The molecule has 0 radical (unpaired) electrons. The molecule has 0 saturated heterocycles. The van der Waals surface area contributed by atoms with Crippen molar-refractivity contribution in [2.45, 2.75) is 53.4 Å². The van der Waals surface area contributed by atoms with Gasteiger partial charge in [-0.15, -0.1) is 0 Å². The minimum atomic E-state index is -0.910. The lowest BCUT2D eigenvalue weighted by Gasteiger charge is -2.31. The molecule has 0 bridgehead atoms. The van der Waals surface area contributed by atoms with E-state index in [-0.39, 0.29) is 0 Å². The molecule has 0 spiro atoms. The molecule has 0 amide bonds. The maximum absolute atomic E-state index is 3.57. The van der Waals surface area contributed by atoms with E-state index in [1.807, 2.05) is 0 Å². The van der Waals surface area contributed by atoms with Gasteiger partial charge in [-0.3, -0.25) is 0 Å². The zero-order valence-electron chi connectivity index (χ0n) is 11.2. The first-order chi connectivity index (χ1) is 6.12. The first-order valence-electron chi connectivity index (χ1n) is 5.83. The maximum Gasteiger partial charge on any atom is 0.0448 e. The van der Waals surface area contributed by atoms with E-state index in [9.17, 15) is 0 Å². The van der Waals surface area contributed by atoms with Crippen molar-refractivity contribution in [1.82, 2.24) is 5.32 Å². The Hall–Kier alpha value is 0.177. The first-order valence-corrected chi connectivity index (χ1v) is 9.54. The summed E-state index contributed by atoms with van der Waals surface area (Å²) < 4.78 is 0. The van der Waals surface area contributed by atoms with Crippen LogP contribution in [-0.2, 0) is 0 Å². The third-order valence-electron chi connectivity index (χ3n) is 2.17. The average molecular weight is 215 g/mol. The molecule has 0 aliphatic rings. The molecule has 0 fully saturated rings. The van der Waals surface area contributed by atoms with Crippen molar-refractivity contribution in [3.63, 3.8) is 0 Å². The summed E-state index contributed by atoms with van der Waals surface area (Å²) in [5.41, 5.74) is 0.472. The highest BCUT2D eigenvalue weighted by atomic mass is 28.3. The van der Waals surface area contributed by atoms with Crippen LogP contribution in [0.4, 0.5) is 0 Å². The van der Waals surface area contributed by atoms with Crippen LogP contribution in [0.15, 0.2) is 0 Å². The molecule has 0 atom stereocenters. The molecule has 14 heavy (non-hydrogen) atoms. The van der Waals surface area contributed by atoms with Gasteiger partial charge in [0.15, 0.2) is 0 Å². The summed E-state index contributed by atoms with van der Waals surface area (Å²) in [5.74, 6) is 0.762. The molecule has 0 aliphatic carbocycles. The van der Waals surface area contributed by atoms with Crippen molar-refractivity contribution in [3.05, 3.63) is 0 Å². The zero-order valence-corrected chi connectivity index (χ0v) is 12.2. The van der Waals surface area contributed by atoms with Crippen LogP contribution in [0.25, 0.3) is 0 Å². The maximum atomic E-state index is 3.57. The Labute approximate surface area is 91.7 Å². The molecular weight excluding hydrogens is 186 g/mol. The molecule has 0 rings (SSSR count). The number of rotatable bonds is 6. The first kappa shape index (κ1) is 14.2. The highest BCUT2D eigenvalue weighted by Crippen LogP contribution is 2.27. The minimum Gasteiger partial charge on any atom is -0.316 e. The molecule has 0 aromatic rings. The number of nitrogens with one attached hydrogen (secondary N) is 1. The van der Waals surface area contributed by atoms with Crippen molar-refractivity contribution in [1.29, 1.82) is 0 Å². The summed E-state index contributed by atoms with van der Waals surface area (Å²) in [6.07, 6.45) is 0. The van der Waals surface area contributed by atoms with E-state index in [0.717, 1.165) is 19.0 Å². The normalized spacial score (nSPS) is 13.7. The van der Waals surface area contributed by atoms with Crippen LogP contribution in [0.2, 0.25) is 25.7 Å². The van der Waals surface area contributed by atoms with Gasteiger partial charge in [-0.2, -0.15) is 0 Å². The van der Waals surface area contributed by atoms with Crippen LogP contribution in [0.1, 0.15) is 27.7 Å². The van der Waals surface area contributed by atoms with Crippen molar-refractivity contribution in [2.75, 3.05) is 13.1 Å². The van der Waals surface area contributed by atoms with Crippen molar-refractivity contribution < 1.29 is 0 Å². The lowest BCUT2D eigenvalue weighted by molar-refractivity contribution is 0.364. The Bertz CT molecular complexity index is 156. The van der Waals surface area contributed by atoms with Crippen LogP contribution < -0.4 is 5.32 Å². The van der Waals surface area contributed by atoms with Gasteiger partial charge in [-0.05, 0) is 24.4 Å². The summed E-state index contributed by atoms with van der Waals surface area (Å²) in [5, 5.41) is 3.57. The van der Waals surface area contributed by atoms with E-state index in [0.29, 0.717) is 5.41 Å². The second-order valence-electron chi connectivity index (χ2n) is 6.93. The van der Waals surface area contributed by atoms with Crippen molar-refractivity contribution in [3.8, 4) is 0 Å². The van der Waals surface area contributed by atoms with Crippen LogP contribution in [0.3, 0.4) is 0 Å². The lowest BCUT2D eigenvalue weighted by Crippen LogP contribution is -2.37. The van der Waals surface area contributed by atoms with Gasteiger partial charge in [-0.1, -0.05) is 53.4 Å². The second kappa shape index (κ2) is 5.31. The van der Waals surface area contributed by atoms with Gasteiger partial charge >= 0.3 is 0 Å². The summed E-state index contributed by atoms with van der Waals surface area (Å²) in [7, 11) is -0.910. The topological polar surface area (TPSA) is 12.0 Å². The van der Waals surface area contributed by atoms with E-state index in [1.54, 1.807) is 0 Å². The number of hydrogen-bond donors (Lipinski definition) is 1. The second-order valence-corrected chi connectivity index (χ2v) is 12.4. The summed E-state index contributed by atoms with van der Waals surface area (Å²) in [6.45, 7) is 19.0. The predicted molar refractivity (Wildman–Crippen MR) is 69.6 cm³/mol. The van der Waals surface area contributed by atoms with Crippen molar-refractivity contribution in [2.24, 2.45) is 11.3 Å². The molecule has 0 aromatic carbocycles. The molecule has 1 nitrogen and oxygen atoms in total. The smallest absolute Gasteiger partial charge is 0.0448 e. The molecule has 0 unspecified atom stereocenters. The van der Waals surface area contributed by atoms with Gasteiger partial charge in [0.05, 0.1) is 0 Å². The van der Waals surface area contributed by atoms with Crippen LogP contribution in [0, 0.1) is 11.3 Å². The Morgan fingerprint density at radius 1 is 1.14 bits per heavy atom. The fourth-order valence-corrected chi connectivity index (χ4v) is 5.19. The van der Waals surface area contributed by atoms with Gasteiger partial charge < -0.3 is 5.32 Å². The van der Waals surface area contributed by atoms with Crippen LogP contribution >= 0.6 is 0 Å². The van der Waals surface area contributed by atoms with E-state index in [4.69, 9.17) is 0 Å². The highest BCUT2D eigenvalue weighted by Gasteiger charge is 2.26. The standard InChI is InChI=1S/C12H29NSi/c1-11(2)8-13-9-12(3,4)10-14(5,6)7/h11,13H,8-10H2,1-7H3. The third kappa shape index (κ3) is 8.76. The Balaban J connectivity index is 3.84. The highest BCUT2D eigenvalue weighted by molar-refractivity contribution is 6.76. The monoisotopic (exact) mass is 215 g/mol. The molecule has 0 heterocycles. The summed E-state index contributed by atoms with van der Waals surface area (Å²) in [4.78, 5) is 0. The van der Waals surface area contributed by atoms with Gasteiger partial charge in [0.25, 0.3) is 0 Å². The number of hydrogen-bond acceptors (Lipinski definition) is 1. The van der Waals surface area contributed by atoms with Crippen LogP contribution in [-0.4, -0.2) is 21.2 Å². The Morgan fingerprint density at radius 3 is 2.00 bits per heavy atom. The largest absolute Gasteiger partial charge is 0.316 e. The molecule has 2 heteroatoms. The quantitative estimate of drug-likeness (QED) is 0.668. The van der Waals surface area contributed by atoms with Gasteiger partial charge in [0.2, 0.25) is 0 Å².